The molecule has 2 N–H and O–H groups in total. The van der Waals surface area contributed by atoms with Gasteiger partial charge in [-0.25, -0.2) is 4.98 Å². The number of rotatable bonds is 4. The highest BCUT2D eigenvalue weighted by molar-refractivity contribution is 5.00. The Balaban J connectivity index is 1.73. The number of aromatic amines is 1. The van der Waals surface area contributed by atoms with E-state index >= 15 is 0 Å². The first-order chi connectivity index (χ1) is 9.83. The van der Waals surface area contributed by atoms with E-state index in [9.17, 15) is 0 Å². The van der Waals surface area contributed by atoms with Crippen LogP contribution in [0, 0.1) is 5.92 Å². The number of H-pyrrole nitrogens is 1. The molecule has 1 spiro atoms. The number of ether oxygens (including phenoxy) is 2. The van der Waals surface area contributed by atoms with Gasteiger partial charge in [-0.1, -0.05) is 6.92 Å². The molecule has 2 aliphatic heterocycles. The fourth-order valence-corrected chi connectivity index (χ4v) is 3.51. The molecule has 0 saturated carbocycles. The van der Waals surface area contributed by atoms with Crippen LogP contribution in [0.4, 0.5) is 0 Å². The number of hydrogen-bond donors (Lipinski definition) is 2. The number of nitrogens with one attached hydrogen (secondary N) is 2. The quantitative estimate of drug-likeness (QED) is 0.873. The Kier molecular flexibility index (Phi) is 4.33. The lowest BCUT2D eigenvalue weighted by Crippen LogP contribution is -2.47. The molecule has 6 nitrogen and oxygen atoms in total. The molecule has 1 aromatic heterocycles. The predicted octanol–water partition coefficient (Wildman–Crippen LogP) is 1.43. The smallest absolute Gasteiger partial charge is 0.141 e. The van der Waals surface area contributed by atoms with Crippen molar-refractivity contribution in [2.75, 3.05) is 26.4 Å². The van der Waals surface area contributed by atoms with Gasteiger partial charge in [-0.2, -0.15) is 5.10 Å². The molecular weight excluding hydrogens is 256 g/mol. The van der Waals surface area contributed by atoms with Crippen LogP contribution in [-0.2, 0) is 9.47 Å². The van der Waals surface area contributed by atoms with Crippen molar-refractivity contribution in [3.63, 3.8) is 0 Å². The second-order valence-electron chi connectivity index (χ2n) is 5.80. The van der Waals surface area contributed by atoms with Gasteiger partial charge in [0.15, 0.2) is 0 Å². The van der Waals surface area contributed by atoms with Crippen molar-refractivity contribution in [1.82, 2.24) is 20.5 Å². The Morgan fingerprint density at radius 3 is 3.00 bits per heavy atom. The minimum atomic E-state index is 0.0227. The van der Waals surface area contributed by atoms with E-state index in [0.717, 1.165) is 57.9 Å². The molecule has 0 radical (unpaired) electrons. The second kappa shape index (κ2) is 6.20. The fraction of sp³-hybridized carbons (Fsp3) is 0.857. The first kappa shape index (κ1) is 14.0. The average molecular weight is 280 g/mol. The van der Waals surface area contributed by atoms with Gasteiger partial charge in [0.05, 0.1) is 11.6 Å². The van der Waals surface area contributed by atoms with Crippen LogP contribution >= 0.6 is 0 Å². The van der Waals surface area contributed by atoms with Gasteiger partial charge >= 0.3 is 0 Å². The topological polar surface area (TPSA) is 72.1 Å². The van der Waals surface area contributed by atoms with Gasteiger partial charge in [0.25, 0.3) is 0 Å². The molecule has 6 heteroatoms. The zero-order valence-corrected chi connectivity index (χ0v) is 12.1. The van der Waals surface area contributed by atoms with Gasteiger partial charge in [-0.3, -0.25) is 5.10 Å². The maximum Gasteiger partial charge on any atom is 0.141 e. The van der Waals surface area contributed by atoms with E-state index in [1.54, 1.807) is 6.33 Å². The molecule has 2 atom stereocenters. The predicted molar refractivity (Wildman–Crippen MR) is 74.3 cm³/mol. The van der Waals surface area contributed by atoms with Crippen molar-refractivity contribution in [3.8, 4) is 0 Å². The molecule has 2 aliphatic rings. The van der Waals surface area contributed by atoms with Crippen molar-refractivity contribution in [3.05, 3.63) is 12.2 Å². The molecule has 0 aromatic carbocycles. The molecular formula is C14H24N4O2. The highest BCUT2D eigenvalue weighted by Gasteiger charge is 2.41. The molecule has 0 amide bonds. The third-order valence-corrected chi connectivity index (χ3v) is 4.56. The van der Waals surface area contributed by atoms with Gasteiger partial charge in [-0.05, 0) is 38.1 Å². The lowest BCUT2D eigenvalue weighted by atomic mass is 9.77. The highest BCUT2D eigenvalue weighted by atomic mass is 16.5. The third kappa shape index (κ3) is 2.87. The van der Waals surface area contributed by atoms with E-state index in [-0.39, 0.29) is 11.6 Å². The molecule has 0 aliphatic carbocycles. The van der Waals surface area contributed by atoms with Crippen molar-refractivity contribution in [2.45, 2.75) is 44.2 Å². The van der Waals surface area contributed by atoms with E-state index in [1.165, 1.54) is 0 Å². The number of hydrogen-bond acceptors (Lipinski definition) is 5. The Hall–Kier alpha value is -0.980. The minimum Gasteiger partial charge on any atom is -0.381 e. The van der Waals surface area contributed by atoms with Crippen molar-refractivity contribution >= 4 is 0 Å². The van der Waals surface area contributed by atoms with E-state index in [1.807, 2.05) is 0 Å². The monoisotopic (exact) mass is 280 g/mol. The van der Waals surface area contributed by atoms with Crippen LogP contribution in [0.5, 0.6) is 0 Å². The summed E-state index contributed by atoms with van der Waals surface area (Å²) in [7, 11) is 0. The van der Waals surface area contributed by atoms with Gasteiger partial charge in [0.1, 0.15) is 12.2 Å². The Bertz CT molecular complexity index is 398. The highest BCUT2D eigenvalue weighted by Crippen LogP contribution is 2.41. The van der Waals surface area contributed by atoms with Crippen LogP contribution < -0.4 is 5.32 Å². The van der Waals surface area contributed by atoms with E-state index in [2.05, 4.69) is 27.4 Å². The summed E-state index contributed by atoms with van der Waals surface area (Å²) in [5.41, 5.74) is 0.0227. The summed E-state index contributed by atoms with van der Waals surface area (Å²) in [6.07, 6.45) is 5.76. The molecule has 2 unspecified atom stereocenters. The van der Waals surface area contributed by atoms with Gasteiger partial charge in [-0.15, -0.1) is 0 Å². The summed E-state index contributed by atoms with van der Waals surface area (Å²) in [5, 5.41) is 10.6. The molecule has 3 heterocycles. The lowest BCUT2D eigenvalue weighted by molar-refractivity contribution is -0.150. The Morgan fingerprint density at radius 2 is 2.30 bits per heavy atom. The number of nitrogens with zero attached hydrogens (tertiary/aromatic N) is 2. The molecule has 112 valence electrons. The average Bonchev–Trinajstić information content (AvgIpc) is 2.99. The van der Waals surface area contributed by atoms with Gasteiger partial charge in [0, 0.05) is 19.8 Å². The van der Waals surface area contributed by atoms with Crippen LogP contribution in [0.15, 0.2) is 6.33 Å². The van der Waals surface area contributed by atoms with E-state index in [4.69, 9.17) is 9.47 Å². The SMILES string of the molecule is CCNC(c1ncn[nH]1)C1CCOC2(CCOCC2)C1. The molecule has 1 aromatic rings. The van der Waals surface area contributed by atoms with E-state index < -0.39 is 0 Å². The summed E-state index contributed by atoms with van der Waals surface area (Å²) in [4.78, 5) is 4.35. The first-order valence-corrected chi connectivity index (χ1v) is 7.63. The van der Waals surface area contributed by atoms with Crippen LogP contribution in [-0.4, -0.2) is 47.1 Å². The molecule has 2 fully saturated rings. The molecule has 20 heavy (non-hydrogen) atoms. The van der Waals surface area contributed by atoms with Crippen LogP contribution in [0.25, 0.3) is 0 Å². The molecule has 3 rings (SSSR count). The first-order valence-electron chi connectivity index (χ1n) is 7.63. The maximum absolute atomic E-state index is 6.13. The molecule has 0 bridgehead atoms. The fourth-order valence-electron chi connectivity index (χ4n) is 3.51. The zero-order valence-electron chi connectivity index (χ0n) is 12.1. The van der Waals surface area contributed by atoms with Crippen LogP contribution in [0.2, 0.25) is 0 Å². The summed E-state index contributed by atoms with van der Waals surface area (Å²) < 4.78 is 11.6. The Morgan fingerprint density at radius 1 is 1.45 bits per heavy atom. The summed E-state index contributed by atoms with van der Waals surface area (Å²) in [6.45, 7) is 5.54. The van der Waals surface area contributed by atoms with Crippen molar-refractivity contribution < 1.29 is 9.47 Å². The number of aromatic nitrogens is 3. The summed E-state index contributed by atoms with van der Waals surface area (Å²) >= 11 is 0. The standard InChI is InChI=1S/C14H24N4O2/c1-2-15-12(13-16-10-17-18-13)11-3-6-20-14(9-11)4-7-19-8-5-14/h10-12,15H,2-9H2,1H3,(H,16,17,18). The van der Waals surface area contributed by atoms with Crippen molar-refractivity contribution in [1.29, 1.82) is 0 Å². The van der Waals surface area contributed by atoms with Crippen molar-refractivity contribution in [2.24, 2.45) is 5.92 Å². The van der Waals surface area contributed by atoms with Crippen LogP contribution in [0.1, 0.15) is 44.5 Å². The zero-order chi connectivity index (χ0) is 13.8. The third-order valence-electron chi connectivity index (χ3n) is 4.56. The van der Waals surface area contributed by atoms with Gasteiger partial charge in [0.2, 0.25) is 0 Å². The maximum atomic E-state index is 6.13. The largest absolute Gasteiger partial charge is 0.381 e. The lowest BCUT2D eigenvalue weighted by Gasteiger charge is -2.45. The summed E-state index contributed by atoms with van der Waals surface area (Å²) in [5.74, 6) is 1.48. The summed E-state index contributed by atoms with van der Waals surface area (Å²) in [6, 6.07) is 0.242. The van der Waals surface area contributed by atoms with Gasteiger partial charge < -0.3 is 14.8 Å². The second-order valence-corrected chi connectivity index (χ2v) is 5.80. The normalized spacial score (nSPS) is 27.6. The Labute approximate surface area is 119 Å². The molecule has 2 saturated heterocycles. The van der Waals surface area contributed by atoms with Crippen LogP contribution in [0.3, 0.4) is 0 Å². The minimum absolute atomic E-state index is 0.0227. The van der Waals surface area contributed by atoms with E-state index in [0.29, 0.717) is 5.92 Å².